The van der Waals surface area contributed by atoms with Gasteiger partial charge in [-0.1, -0.05) is 26.0 Å². The van der Waals surface area contributed by atoms with Crippen LogP contribution in [-0.2, 0) is 13.1 Å². The van der Waals surface area contributed by atoms with Gasteiger partial charge in [0.2, 0.25) is 0 Å². The van der Waals surface area contributed by atoms with Gasteiger partial charge in [-0.05, 0) is 44.2 Å². The minimum atomic E-state index is 0.831. The van der Waals surface area contributed by atoms with Gasteiger partial charge in [-0.3, -0.25) is 9.58 Å². The Labute approximate surface area is 110 Å². The fraction of sp³-hybridized carbons (Fsp3) is 0.857. The Bertz CT molecular complexity index is 350. The molecule has 0 aliphatic carbocycles. The Morgan fingerprint density at radius 3 is 2.67 bits per heavy atom. The van der Waals surface area contributed by atoms with E-state index in [4.69, 9.17) is 0 Å². The maximum absolute atomic E-state index is 4.25. The molecular weight excluding hydrogens is 224 g/mol. The highest BCUT2D eigenvalue weighted by Crippen LogP contribution is 2.24. The Balaban J connectivity index is 1.80. The van der Waals surface area contributed by atoms with Gasteiger partial charge in [0, 0.05) is 19.3 Å². The predicted octanol–water partition coefficient (Wildman–Crippen LogP) is 2.56. The number of aryl methyl sites for hydroxylation is 1. The van der Waals surface area contributed by atoms with Crippen LogP contribution in [0.3, 0.4) is 0 Å². The van der Waals surface area contributed by atoms with Gasteiger partial charge in [0.15, 0.2) is 0 Å². The molecule has 0 amide bonds. The minimum Gasteiger partial charge on any atom is -0.297 e. The molecule has 1 fully saturated rings. The predicted molar refractivity (Wildman–Crippen MR) is 73.2 cm³/mol. The smallest absolute Gasteiger partial charge is 0.0967 e. The number of likely N-dealkylation sites (tertiary alicyclic amines) is 1. The van der Waals surface area contributed by atoms with Crippen LogP contribution in [0.15, 0.2) is 6.20 Å². The summed E-state index contributed by atoms with van der Waals surface area (Å²) in [5.74, 6) is 1.75. The topological polar surface area (TPSA) is 34.0 Å². The Morgan fingerprint density at radius 2 is 2.06 bits per heavy atom. The van der Waals surface area contributed by atoms with E-state index in [2.05, 4.69) is 42.2 Å². The summed E-state index contributed by atoms with van der Waals surface area (Å²) < 4.78 is 1.95. The van der Waals surface area contributed by atoms with Crippen LogP contribution in [-0.4, -0.2) is 33.0 Å². The Hall–Kier alpha value is -0.900. The van der Waals surface area contributed by atoms with Crippen molar-refractivity contribution in [3.8, 4) is 0 Å². The standard InChI is InChI=1S/C14H26N4/c1-4-7-18-11-14(15-16-18)10-17-8-5-13(6-9-17)12(2)3/h11-13H,4-10H2,1-3H3. The third-order valence-electron chi connectivity index (χ3n) is 4.00. The average Bonchev–Trinajstić information content (AvgIpc) is 2.78. The lowest BCUT2D eigenvalue weighted by Gasteiger charge is -2.33. The summed E-state index contributed by atoms with van der Waals surface area (Å²) in [5.41, 5.74) is 1.12. The van der Waals surface area contributed by atoms with Crippen LogP contribution >= 0.6 is 0 Å². The third kappa shape index (κ3) is 3.55. The number of hydrogen-bond donors (Lipinski definition) is 0. The van der Waals surface area contributed by atoms with E-state index in [-0.39, 0.29) is 0 Å². The second-order valence-corrected chi connectivity index (χ2v) is 5.83. The van der Waals surface area contributed by atoms with E-state index < -0.39 is 0 Å². The SMILES string of the molecule is CCCn1cc(CN2CCC(C(C)C)CC2)nn1. The van der Waals surface area contributed by atoms with Crippen molar-refractivity contribution in [2.45, 2.75) is 53.1 Å². The van der Waals surface area contributed by atoms with Crippen LogP contribution in [0.5, 0.6) is 0 Å². The largest absolute Gasteiger partial charge is 0.297 e. The third-order valence-corrected chi connectivity index (χ3v) is 4.00. The molecule has 1 aliphatic heterocycles. The van der Waals surface area contributed by atoms with E-state index in [1.165, 1.54) is 25.9 Å². The van der Waals surface area contributed by atoms with Crippen molar-refractivity contribution in [2.75, 3.05) is 13.1 Å². The quantitative estimate of drug-likeness (QED) is 0.805. The van der Waals surface area contributed by atoms with Crippen LogP contribution in [0.4, 0.5) is 0 Å². The fourth-order valence-electron chi connectivity index (χ4n) is 2.76. The molecule has 0 bridgehead atoms. The maximum Gasteiger partial charge on any atom is 0.0967 e. The molecular formula is C14H26N4. The zero-order valence-electron chi connectivity index (χ0n) is 12.0. The van der Waals surface area contributed by atoms with Crippen molar-refractivity contribution >= 4 is 0 Å². The molecule has 0 unspecified atom stereocenters. The van der Waals surface area contributed by atoms with E-state index in [0.717, 1.165) is 37.0 Å². The van der Waals surface area contributed by atoms with Gasteiger partial charge < -0.3 is 0 Å². The minimum absolute atomic E-state index is 0.831. The molecule has 0 spiro atoms. The fourth-order valence-corrected chi connectivity index (χ4v) is 2.76. The molecule has 18 heavy (non-hydrogen) atoms. The lowest BCUT2D eigenvalue weighted by Crippen LogP contribution is -2.34. The molecule has 4 heteroatoms. The first-order valence-corrected chi connectivity index (χ1v) is 7.30. The van der Waals surface area contributed by atoms with Crippen LogP contribution in [0.25, 0.3) is 0 Å². The number of aromatic nitrogens is 3. The molecule has 2 heterocycles. The van der Waals surface area contributed by atoms with Gasteiger partial charge in [-0.2, -0.15) is 0 Å². The molecule has 4 nitrogen and oxygen atoms in total. The van der Waals surface area contributed by atoms with Crippen molar-refractivity contribution in [1.82, 2.24) is 19.9 Å². The Morgan fingerprint density at radius 1 is 1.33 bits per heavy atom. The number of nitrogens with zero attached hydrogens (tertiary/aromatic N) is 4. The summed E-state index contributed by atoms with van der Waals surface area (Å²) in [6.07, 6.45) is 5.88. The summed E-state index contributed by atoms with van der Waals surface area (Å²) in [7, 11) is 0. The van der Waals surface area contributed by atoms with Crippen LogP contribution < -0.4 is 0 Å². The van der Waals surface area contributed by atoms with Gasteiger partial charge in [0.25, 0.3) is 0 Å². The van der Waals surface area contributed by atoms with E-state index in [0.29, 0.717) is 0 Å². The summed E-state index contributed by atoms with van der Waals surface area (Å²) in [4.78, 5) is 2.51. The van der Waals surface area contributed by atoms with E-state index in [1.807, 2.05) is 4.68 Å². The highest BCUT2D eigenvalue weighted by atomic mass is 15.4. The summed E-state index contributed by atoms with van der Waals surface area (Å²) in [5, 5.41) is 8.41. The van der Waals surface area contributed by atoms with Crippen LogP contribution in [0.2, 0.25) is 0 Å². The second kappa shape index (κ2) is 6.32. The monoisotopic (exact) mass is 250 g/mol. The summed E-state index contributed by atoms with van der Waals surface area (Å²) in [6, 6.07) is 0. The first kappa shape index (κ1) is 13.5. The molecule has 0 atom stereocenters. The van der Waals surface area contributed by atoms with E-state index >= 15 is 0 Å². The average molecular weight is 250 g/mol. The van der Waals surface area contributed by atoms with Crippen LogP contribution in [0, 0.1) is 11.8 Å². The van der Waals surface area contributed by atoms with E-state index in [1.54, 1.807) is 0 Å². The zero-order chi connectivity index (χ0) is 13.0. The van der Waals surface area contributed by atoms with Crippen molar-refractivity contribution < 1.29 is 0 Å². The van der Waals surface area contributed by atoms with Crippen molar-refractivity contribution in [3.05, 3.63) is 11.9 Å². The number of hydrogen-bond acceptors (Lipinski definition) is 3. The van der Waals surface area contributed by atoms with Gasteiger partial charge in [0.1, 0.15) is 0 Å². The Kier molecular flexibility index (Phi) is 4.75. The van der Waals surface area contributed by atoms with Gasteiger partial charge in [-0.25, -0.2) is 0 Å². The molecule has 0 aromatic carbocycles. The van der Waals surface area contributed by atoms with Gasteiger partial charge in [0.05, 0.1) is 5.69 Å². The molecule has 1 aromatic heterocycles. The molecule has 1 aliphatic rings. The second-order valence-electron chi connectivity index (χ2n) is 5.83. The normalized spacial score (nSPS) is 18.7. The highest BCUT2D eigenvalue weighted by Gasteiger charge is 2.21. The molecule has 0 radical (unpaired) electrons. The number of piperidine rings is 1. The molecule has 102 valence electrons. The summed E-state index contributed by atoms with van der Waals surface area (Å²) >= 11 is 0. The lowest BCUT2D eigenvalue weighted by atomic mass is 9.87. The van der Waals surface area contributed by atoms with Crippen LogP contribution in [0.1, 0.15) is 45.7 Å². The molecule has 0 saturated carbocycles. The first-order chi connectivity index (χ1) is 8.69. The van der Waals surface area contributed by atoms with Crippen molar-refractivity contribution in [1.29, 1.82) is 0 Å². The highest BCUT2D eigenvalue weighted by molar-refractivity contribution is 4.93. The summed E-state index contributed by atoms with van der Waals surface area (Å²) in [6.45, 7) is 11.2. The van der Waals surface area contributed by atoms with Crippen molar-refractivity contribution in [2.24, 2.45) is 11.8 Å². The molecule has 0 N–H and O–H groups in total. The first-order valence-electron chi connectivity index (χ1n) is 7.30. The van der Waals surface area contributed by atoms with E-state index in [9.17, 15) is 0 Å². The molecule has 1 saturated heterocycles. The maximum atomic E-state index is 4.25. The molecule has 2 rings (SSSR count). The lowest BCUT2D eigenvalue weighted by molar-refractivity contribution is 0.150. The van der Waals surface area contributed by atoms with Gasteiger partial charge >= 0.3 is 0 Å². The zero-order valence-corrected chi connectivity index (χ0v) is 12.0. The number of rotatable bonds is 5. The molecule has 1 aromatic rings. The van der Waals surface area contributed by atoms with Gasteiger partial charge in [-0.15, -0.1) is 5.10 Å². The van der Waals surface area contributed by atoms with Crippen molar-refractivity contribution in [3.63, 3.8) is 0 Å².